The van der Waals surface area contributed by atoms with Crippen molar-refractivity contribution in [3.63, 3.8) is 0 Å². The van der Waals surface area contributed by atoms with Crippen LogP contribution in [0.25, 0.3) is 5.69 Å². The van der Waals surface area contributed by atoms with Crippen molar-refractivity contribution in [3.8, 4) is 5.69 Å². The van der Waals surface area contributed by atoms with Gasteiger partial charge >= 0.3 is 6.03 Å². The highest BCUT2D eigenvalue weighted by atomic mass is 32.2. The number of imidazole rings is 1. The second kappa shape index (κ2) is 7.74. The zero-order valence-corrected chi connectivity index (χ0v) is 15.2. The van der Waals surface area contributed by atoms with E-state index in [1.807, 2.05) is 22.9 Å². The standard InChI is InChI=1S/C18H22N4O2S/c1-12(2)13-3-7-15(8-4-13)22-10-9-19-18(22)25-11-16(23)21-17(24)20-14-5-6-14/h3-4,7-10,12,14H,5-6,11H2,1-2H3,(H2,20,21,23,24). The first-order valence-corrected chi connectivity index (χ1v) is 9.38. The van der Waals surface area contributed by atoms with Gasteiger partial charge in [0.15, 0.2) is 5.16 Å². The molecule has 1 heterocycles. The van der Waals surface area contributed by atoms with Crippen LogP contribution in [0.3, 0.4) is 0 Å². The maximum atomic E-state index is 11.9. The minimum atomic E-state index is -0.416. The van der Waals surface area contributed by atoms with Gasteiger partial charge in [-0.1, -0.05) is 37.7 Å². The van der Waals surface area contributed by atoms with Crippen LogP contribution in [-0.4, -0.2) is 33.3 Å². The Morgan fingerprint density at radius 3 is 2.64 bits per heavy atom. The number of carbonyl (C=O) groups is 2. The summed E-state index contributed by atoms with van der Waals surface area (Å²) >= 11 is 1.30. The lowest BCUT2D eigenvalue weighted by Crippen LogP contribution is -2.41. The average molecular weight is 358 g/mol. The number of amides is 3. The molecule has 0 unspecified atom stereocenters. The number of carbonyl (C=O) groups excluding carboxylic acids is 2. The van der Waals surface area contributed by atoms with E-state index in [0.29, 0.717) is 5.92 Å². The molecule has 1 aromatic heterocycles. The number of rotatable bonds is 6. The Hall–Kier alpha value is -2.28. The Morgan fingerprint density at radius 2 is 2.00 bits per heavy atom. The Balaban J connectivity index is 1.57. The van der Waals surface area contributed by atoms with Crippen LogP contribution in [0.1, 0.15) is 38.2 Å². The molecule has 132 valence electrons. The average Bonchev–Trinajstić information content (AvgIpc) is 3.26. The van der Waals surface area contributed by atoms with Gasteiger partial charge < -0.3 is 5.32 Å². The highest BCUT2D eigenvalue weighted by Gasteiger charge is 2.24. The topological polar surface area (TPSA) is 76.0 Å². The fraction of sp³-hybridized carbons (Fsp3) is 0.389. The summed E-state index contributed by atoms with van der Waals surface area (Å²) < 4.78 is 1.94. The Labute approximate surface area is 151 Å². The maximum Gasteiger partial charge on any atom is 0.321 e. The smallest absolute Gasteiger partial charge is 0.321 e. The molecule has 1 aliphatic rings. The van der Waals surface area contributed by atoms with Crippen LogP contribution in [0.2, 0.25) is 0 Å². The first-order valence-electron chi connectivity index (χ1n) is 8.40. The molecule has 0 bridgehead atoms. The van der Waals surface area contributed by atoms with Gasteiger partial charge in [-0.15, -0.1) is 0 Å². The van der Waals surface area contributed by atoms with Gasteiger partial charge in [0.25, 0.3) is 0 Å². The van der Waals surface area contributed by atoms with Crippen LogP contribution < -0.4 is 10.6 Å². The zero-order valence-electron chi connectivity index (χ0n) is 14.4. The molecular weight excluding hydrogens is 336 g/mol. The highest BCUT2D eigenvalue weighted by molar-refractivity contribution is 7.99. The van der Waals surface area contributed by atoms with Crippen molar-refractivity contribution in [2.24, 2.45) is 0 Å². The Kier molecular flexibility index (Phi) is 5.43. The normalized spacial score (nSPS) is 13.7. The number of urea groups is 1. The number of hydrogen-bond donors (Lipinski definition) is 2. The van der Waals surface area contributed by atoms with Gasteiger partial charge in [-0.3, -0.25) is 14.7 Å². The van der Waals surface area contributed by atoms with Crippen molar-refractivity contribution < 1.29 is 9.59 Å². The third kappa shape index (κ3) is 4.85. The number of benzene rings is 1. The summed E-state index contributed by atoms with van der Waals surface area (Å²) in [6.07, 6.45) is 5.55. The molecule has 7 heteroatoms. The largest absolute Gasteiger partial charge is 0.335 e. The van der Waals surface area contributed by atoms with Gasteiger partial charge in [0.05, 0.1) is 5.75 Å². The molecule has 2 N–H and O–H groups in total. The van der Waals surface area contributed by atoms with E-state index in [0.717, 1.165) is 23.7 Å². The Morgan fingerprint density at radius 1 is 1.28 bits per heavy atom. The fourth-order valence-electron chi connectivity index (χ4n) is 2.35. The van der Waals surface area contributed by atoms with Crippen LogP contribution in [0.4, 0.5) is 4.79 Å². The summed E-state index contributed by atoms with van der Waals surface area (Å²) in [6, 6.07) is 8.11. The highest BCUT2D eigenvalue weighted by Crippen LogP contribution is 2.22. The van der Waals surface area contributed by atoms with Gasteiger partial charge in [-0.2, -0.15) is 0 Å². The summed E-state index contributed by atoms with van der Waals surface area (Å²) in [5.74, 6) is 0.295. The quantitative estimate of drug-likeness (QED) is 0.778. The second-order valence-corrected chi connectivity index (χ2v) is 7.35. The van der Waals surface area contributed by atoms with E-state index in [-0.39, 0.29) is 17.7 Å². The zero-order chi connectivity index (χ0) is 17.8. The molecule has 0 saturated heterocycles. The third-order valence-electron chi connectivity index (χ3n) is 3.94. The van der Waals surface area contributed by atoms with Crippen molar-refractivity contribution in [1.82, 2.24) is 20.2 Å². The number of imide groups is 1. The summed E-state index contributed by atoms with van der Waals surface area (Å²) in [6.45, 7) is 4.32. The van der Waals surface area contributed by atoms with E-state index in [9.17, 15) is 9.59 Å². The van der Waals surface area contributed by atoms with Crippen LogP contribution in [0, 0.1) is 0 Å². The molecule has 25 heavy (non-hydrogen) atoms. The van der Waals surface area contributed by atoms with Crippen molar-refractivity contribution >= 4 is 23.7 Å². The predicted octanol–water partition coefficient (Wildman–Crippen LogP) is 3.08. The molecule has 0 atom stereocenters. The number of nitrogens with one attached hydrogen (secondary N) is 2. The van der Waals surface area contributed by atoms with Crippen molar-refractivity contribution in [1.29, 1.82) is 0 Å². The van der Waals surface area contributed by atoms with E-state index in [4.69, 9.17) is 0 Å². The predicted molar refractivity (Wildman–Crippen MR) is 98.1 cm³/mol. The lowest BCUT2D eigenvalue weighted by atomic mass is 10.0. The number of nitrogens with zero attached hydrogens (tertiary/aromatic N) is 2. The number of hydrogen-bond acceptors (Lipinski definition) is 4. The SMILES string of the molecule is CC(C)c1ccc(-n2ccnc2SCC(=O)NC(=O)NC2CC2)cc1. The molecule has 3 rings (SSSR count). The molecule has 0 radical (unpaired) electrons. The first-order chi connectivity index (χ1) is 12.0. The molecule has 2 aromatic rings. The molecule has 1 fully saturated rings. The Bertz CT molecular complexity index is 751. The molecule has 3 amide bonds. The van der Waals surface area contributed by atoms with Crippen LogP contribution in [0.5, 0.6) is 0 Å². The molecule has 6 nitrogen and oxygen atoms in total. The first kappa shape index (κ1) is 17.5. The van der Waals surface area contributed by atoms with Crippen LogP contribution >= 0.6 is 11.8 Å². The van der Waals surface area contributed by atoms with E-state index in [1.165, 1.54) is 17.3 Å². The number of aromatic nitrogens is 2. The van der Waals surface area contributed by atoms with Crippen molar-refractivity contribution in [2.45, 2.75) is 43.8 Å². The van der Waals surface area contributed by atoms with Gasteiger partial charge in [0.1, 0.15) is 0 Å². The van der Waals surface area contributed by atoms with E-state index in [2.05, 4.69) is 41.6 Å². The van der Waals surface area contributed by atoms with Crippen LogP contribution in [-0.2, 0) is 4.79 Å². The summed E-state index contributed by atoms with van der Waals surface area (Å²) in [7, 11) is 0. The number of thioether (sulfide) groups is 1. The minimum absolute atomic E-state index is 0.138. The van der Waals surface area contributed by atoms with Gasteiger partial charge in [-0.25, -0.2) is 9.78 Å². The van der Waals surface area contributed by atoms with Crippen molar-refractivity contribution in [3.05, 3.63) is 42.2 Å². The summed E-state index contributed by atoms with van der Waals surface area (Å²) in [4.78, 5) is 27.8. The fourth-order valence-corrected chi connectivity index (χ4v) is 3.13. The maximum absolute atomic E-state index is 11.9. The van der Waals surface area contributed by atoms with E-state index in [1.54, 1.807) is 6.20 Å². The van der Waals surface area contributed by atoms with Gasteiger partial charge in [0, 0.05) is 24.1 Å². The van der Waals surface area contributed by atoms with Crippen LogP contribution in [0.15, 0.2) is 41.8 Å². The second-order valence-electron chi connectivity index (χ2n) is 6.41. The summed E-state index contributed by atoms with van der Waals surface area (Å²) in [5.41, 5.74) is 2.27. The van der Waals surface area contributed by atoms with E-state index >= 15 is 0 Å². The third-order valence-corrected chi connectivity index (χ3v) is 4.91. The molecule has 1 aromatic carbocycles. The van der Waals surface area contributed by atoms with Gasteiger partial charge in [-0.05, 0) is 36.5 Å². The molecule has 1 saturated carbocycles. The van der Waals surface area contributed by atoms with E-state index < -0.39 is 6.03 Å². The molecule has 0 spiro atoms. The molecule has 0 aliphatic heterocycles. The lowest BCUT2D eigenvalue weighted by molar-refractivity contribution is -0.117. The van der Waals surface area contributed by atoms with Gasteiger partial charge in [0.2, 0.25) is 5.91 Å². The monoisotopic (exact) mass is 358 g/mol. The summed E-state index contributed by atoms with van der Waals surface area (Å²) in [5, 5.41) is 5.79. The molecular formula is C18H22N4O2S. The lowest BCUT2D eigenvalue weighted by Gasteiger charge is -2.10. The minimum Gasteiger partial charge on any atom is -0.335 e. The van der Waals surface area contributed by atoms with Crippen molar-refractivity contribution in [2.75, 3.05) is 5.75 Å². The molecule has 1 aliphatic carbocycles.